The Bertz CT molecular complexity index is 1880. The van der Waals surface area contributed by atoms with E-state index in [2.05, 4.69) is 84.6 Å². The summed E-state index contributed by atoms with van der Waals surface area (Å²) >= 11 is 6.74. The number of benzene rings is 3. The topological polar surface area (TPSA) is 66.2 Å². The van der Waals surface area contributed by atoms with Crippen LogP contribution in [0, 0.1) is 6.92 Å². The number of fused-ring (bicyclic) bond motifs is 3. The van der Waals surface area contributed by atoms with E-state index in [0.29, 0.717) is 12.2 Å². The molecule has 3 aliphatic rings. The predicted octanol–water partition coefficient (Wildman–Crippen LogP) is 8.60. The lowest BCUT2D eigenvalue weighted by Crippen LogP contribution is -2.70. The van der Waals surface area contributed by atoms with Crippen molar-refractivity contribution >= 4 is 73.4 Å². The van der Waals surface area contributed by atoms with E-state index in [9.17, 15) is 9.59 Å². The van der Waals surface area contributed by atoms with Gasteiger partial charge in [0.2, 0.25) is 5.76 Å². The van der Waals surface area contributed by atoms with Gasteiger partial charge in [0.1, 0.15) is 10.5 Å². The molecule has 236 valence electrons. The summed E-state index contributed by atoms with van der Waals surface area (Å²) in [4.78, 5) is 32.3. The molecule has 1 amide bonds. The SMILES string of the molecule is CCOC(=O)c1oc2ccc(SN(CCc3ccccc3)c3ccccc3N3CC4CC(C3)N4C(=O)c3sccc3Br)cc2c1C. The Kier molecular flexibility index (Phi) is 8.85. The first-order valence-corrected chi connectivity index (χ1v) is 17.9. The number of nitrogens with zero attached hydrogens (tertiary/aromatic N) is 3. The number of piperazine rings is 1. The van der Waals surface area contributed by atoms with Gasteiger partial charge in [-0.25, -0.2) is 4.79 Å². The van der Waals surface area contributed by atoms with E-state index in [1.54, 1.807) is 18.9 Å². The van der Waals surface area contributed by atoms with E-state index >= 15 is 0 Å². The van der Waals surface area contributed by atoms with Gasteiger partial charge in [-0.1, -0.05) is 42.5 Å². The van der Waals surface area contributed by atoms with Crippen LogP contribution in [0.4, 0.5) is 11.4 Å². The third-order valence-electron chi connectivity index (χ3n) is 8.76. The highest BCUT2D eigenvalue weighted by atomic mass is 79.9. The molecular weight excluding hydrogens is 682 g/mol. The zero-order valence-corrected chi connectivity index (χ0v) is 28.9. The number of thiophene rings is 1. The monoisotopic (exact) mass is 715 g/mol. The number of amides is 1. The minimum absolute atomic E-state index is 0.132. The summed E-state index contributed by atoms with van der Waals surface area (Å²) < 4.78 is 14.4. The van der Waals surface area contributed by atoms with Gasteiger partial charge in [0.05, 0.1) is 30.1 Å². The standard InChI is InChI=1S/C36H34BrN3O4S2/c1-3-43-36(42)33-23(2)28-20-27(13-14-32(28)44-33)46-39(17-15-24-9-5-4-6-10-24)31-12-8-7-11-30(31)38-21-25-19-26(22-38)40(25)35(41)34-29(37)16-18-45-34/h4-14,16,18,20,25-26H,3,15,17,19,21-22H2,1-2H3. The second-order valence-electron chi connectivity index (χ2n) is 11.6. The second kappa shape index (κ2) is 13.2. The molecular formula is C36H34BrN3O4S2. The van der Waals surface area contributed by atoms with Crippen LogP contribution in [0.1, 0.15) is 44.7 Å². The molecule has 0 aliphatic carbocycles. The lowest BCUT2D eigenvalue weighted by atomic mass is 9.86. The smallest absolute Gasteiger partial charge is 0.374 e. The maximum Gasteiger partial charge on any atom is 0.374 e. The van der Waals surface area contributed by atoms with Gasteiger partial charge in [0.15, 0.2) is 0 Å². The summed E-state index contributed by atoms with van der Waals surface area (Å²) in [5.41, 5.74) is 5.04. The minimum atomic E-state index is -0.438. The second-order valence-corrected chi connectivity index (χ2v) is 14.5. The van der Waals surface area contributed by atoms with Crippen LogP contribution in [-0.4, -0.2) is 55.1 Å². The van der Waals surface area contributed by atoms with Crippen molar-refractivity contribution in [2.24, 2.45) is 0 Å². The molecule has 7 nitrogen and oxygen atoms in total. The number of ether oxygens (including phenoxy) is 1. The summed E-state index contributed by atoms with van der Waals surface area (Å²) in [5.74, 6) is -0.0493. The lowest BCUT2D eigenvalue weighted by Gasteiger charge is -2.57. The van der Waals surface area contributed by atoms with Crippen LogP contribution in [0.25, 0.3) is 11.0 Å². The Hall–Kier alpha value is -3.73. The van der Waals surface area contributed by atoms with Gasteiger partial charge in [-0.2, -0.15) is 0 Å². The summed E-state index contributed by atoms with van der Waals surface area (Å²) in [5, 5.41) is 2.87. The zero-order chi connectivity index (χ0) is 31.8. The van der Waals surface area contributed by atoms with Gasteiger partial charge in [-0.3, -0.25) is 4.79 Å². The van der Waals surface area contributed by atoms with Gasteiger partial charge in [-0.15, -0.1) is 11.3 Å². The number of carbonyl (C=O) groups excluding carboxylic acids is 2. The summed E-state index contributed by atoms with van der Waals surface area (Å²) in [6.45, 7) is 6.39. The Balaban J connectivity index is 1.17. The fourth-order valence-electron chi connectivity index (χ4n) is 6.51. The molecule has 2 bridgehead atoms. The quantitative estimate of drug-likeness (QED) is 0.106. The zero-order valence-electron chi connectivity index (χ0n) is 25.6. The molecule has 5 aromatic rings. The molecule has 0 N–H and O–H groups in total. The van der Waals surface area contributed by atoms with Crippen molar-refractivity contribution in [2.45, 2.75) is 43.7 Å². The third-order valence-corrected chi connectivity index (χ3v) is 11.7. The number of rotatable bonds is 10. The van der Waals surface area contributed by atoms with Crippen LogP contribution in [0.15, 0.2) is 98.0 Å². The van der Waals surface area contributed by atoms with Crippen LogP contribution in [0.5, 0.6) is 0 Å². The molecule has 0 spiro atoms. The molecule has 3 fully saturated rings. The summed E-state index contributed by atoms with van der Waals surface area (Å²) in [6, 6.07) is 27.6. The lowest BCUT2D eigenvalue weighted by molar-refractivity contribution is 0.00632. The Morgan fingerprint density at radius 2 is 1.80 bits per heavy atom. The Labute approximate surface area is 285 Å². The molecule has 0 saturated carbocycles. The normalized spacial score (nSPS) is 17.2. The van der Waals surface area contributed by atoms with Crippen LogP contribution in [0.3, 0.4) is 0 Å². The van der Waals surface area contributed by atoms with Crippen molar-refractivity contribution in [2.75, 3.05) is 35.4 Å². The highest BCUT2D eigenvalue weighted by Crippen LogP contribution is 2.43. The summed E-state index contributed by atoms with van der Waals surface area (Å²) in [6.07, 6.45) is 1.92. The van der Waals surface area contributed by atoms with Crippen LogP contribution in [-0.2, 0) is 11.2 Å². The van der Waals surface area contributed by atoms with Gasteiger partial charge < -0.3 is 23.3 Å². The van der Waals surface area contributed by atoms with Gasteiger partial charge in [0.25, 0.3) is 5.91 Å². The summed E-state index contributed by atoms with van der Waals surface area (Å²) in [7, 11) is 0. The number of aryl methyl sites for hydroxylation is 1. The first kappa shape index (κ1) is 30.9. The van der Waals surface area contributed by atoms with E-state index < -0.39 is 5.97 Å². The number of piperidine rings is 1. The van der Waals surface area contributed by atoms with Crippen molar-refractivity contribution in [3.05, 3.63) is 110 Å². The van der Waals surface area contributed by atoms with Gasteiger partial charge >= 0.3 is 5.97 Å². The van der Waals surface area contributed by atoms with E-state index in [0.717, 1.165) is 63.4 Å². The van der Waals surface area contributed by atoms with Crippen molar-refractivity contribution in [3.63, 3.8) is 0 Å². The molecule has 8 rings (SSSR count). The number of carbonyl (C=O) groups is 2. The number of para-hydroxylation sites is 2. The van der Waals surface area contributed by atoms with Crippen molar-refractivity contribution in [1.29, 1.82) is 0 Å². The van der Waals surface area contributed by atoms with Crippen molar-refractivity contribution in [3.8, 4) is 0 Å². The number of anilines is 2. The average Bonchev–Trinajstić information content (AvgIpc) is 3.66. The maximum atomic E-state index is 13.4. The Morgan fingerprint density at radius 3 is 2.54 bits per heavy atom. The van der Waals surface area contributed by atoms with Crippen LogP contribution < -0.4 is 9.21 Å². The van der Waals surface area contributed by atoms with E-state index in [4.69, 9.17) is 9.15 Å². The number of hydrogen-bond acceptors (Lipinski definition) is 8. The largest absolute Gasteiger partial charge is 0.460 e. The maximum absolute atomic E-state index is 13.4. The third kappa shape index (κ3) is 5.94. The molecule has 3 saturated heterocycles. The molecule has 3 aliphatic heterocycles. The first-order valence-electron chi connectivity index (χ1n) is 15.5. The fraction of sp³-hybridized carbons (Fsp3) is 0.278. The van der Waals surface area contributed by atoms with E-state index in [1.165, 1.54) is 22.6 Å². The molecule has 3 aromatic carbocycles. The molecule has 10 heteroatoms. The van der Waals surface area contributed by atoms with E-state index in [1.807, 2.05) is 36.6 Å². The fourth-order valence-corrected chi connectivity index (χ4v) is 8.98. The molecule has 2 aromatic heterocycles. The van der Waals surface area contributed by atoms with Gasteiger partial charge in [-0.05, 0) is 102 Å². The van der Waals surface area contributed by atoms with Crippen LogP contribution in [0.2, 0.25) is 0 Å². The van der Waals surface area contributed by atoms with Crippen LogP contribution >= 0.6 is 39.2 Å². The molecule has 46 heavy (non-hydrogen) atoms. The van der Waals surface area contributed by atoms with Crippen molar-refractivity contribution < 1.29 is 18.7 Å². The van der Waals surface area contributed by atoms with Gasteiger partial charge in [0, 0.05) is 40.0 Å². The number of hydrogen-bond donors (Lipinski definition) is 0. The Morgan fingerprint density at radius 1 is 1.04 bits per heavy atom. The number of esters is 1. The highest BCUT2D eigenvalue weighted by molar-refractivity contribution is 9.10. The van der Waals surface area contributed by atoms with Crippen molar-refractivity contribution in [1.82, 2.24) is 4.90 Å². The first-order chi connectivity index (χ1) is 22.4. The molecule has 2 unspecified atom stereocenters. The van der Waals surface area contributed by atoms with E-state index in [-0.39, 0.29) is 23.8 Å². The number of furan rings is 1. The molecule has 5 heterocycles. The predicted molar refractivity (Wildman–Crippen MR) is 189 cm³/mol. The number of halogens is 1. The molecule has 2 atom stereocenters. The highest BCUT2D eigenvalue weighted by Gasteiger charge is 2.48. The molecule has 0 radical (unpaired) electrons. The minimum Gasteiger partial charge on any atom is -0.460 e. The average molecular weight is 717 g/mol.